The molecule has 0 aliphatic carbocycles. The number of hydrogen-bond acceptors (Lipinski definition) is 6. The molecular weight excluding hydrogens is 286 g/mol. The molecule has 0 saturated carbocycles. The molecule has 7 nitrogen and oxygen atoms in total. The lowest BCUT2D eigenvalue weighted by atomic mass is 10.1. The van der Waals surface area contributed by atoms with E-state index < -0.39 is 5.97 Å². The van der Waals surface area contributed by atoms with E-state index in [4.69, 9.17) is 10.00 Å². The maximum absolute atomic E-state index is 12.1. The number of anilines is 1. The highest BCUT2D eigenvalue weighted by Crippen LogP contribution is 2.15. The molecule has 0 bridgehead atoms. The normalized spacial score (nSPS) is 10.5. The van der Waals surface area contributed by atoms with E-state index in [9.17, 15) is 9.59 Å². The molecule has 1 amide bonds. The number of para-hydroxylation sites is 1. The Morgan fingerprint density at radius 3 is 2.68 bits per heavy atom. The number of esters is 1. The average molecular weight is 303 g/mol. The van der Waals surface area contributed by atoms with E-state index in [0.717, 1.165) is 0 Å². The monoisotopic (exact) mass is 303 g/mol. The molecule has 0 radical (unpaired) electrons. The van der Waals surface area contributed by atoms with Crippen molar-refractivity contribution in [3.8, 4) is 6.07 Å². The number of benzene rings is 1. The van der Waals surface area contributed by atoms with Crippen LogP contribution in [0.2, 0.25) is 0 Å². The highest BCUT2D eigenvalue weighted by molar-refractivity contribution is 6.00. The van der Waals surface area contributed by atoms with Gasteiger partial charge in [-0.2, -0.15) is 5.26 Å². The molecule has 0 fully saturated rings. The van der Waals surface area contributed by atoms with Crippen molar-refractivity contribution < 1.29 is 19.1 Å². The second-order valence-electron chi connectivity index (χ2n) is 4.10. The van der Waals surface area contributed by atoms with Crippen molar-refractivity contribution in [1.82, 2.24) is 5.32 Å². The van der Waals surface area contributed by atoms with E-state index in [1.54, 1.807) is 37.4 Å². The van der Waals surface area contributed by atoms with Crippen LogP contribution < -0.4 is 10.6 Å². The van der Waals surface area contributed by atoms with E-state index in [1.165, 1.54) is 13.3 Å². The lowest BCUT2D eigenvalue weighted by Crippen LogP contribution is -2.27. The summed E-state index contributed by atoms with van der Waals surface area (Å²) in [5, 5.41) is 14.3. The molecule has 0 heterocycles. The van der Waals surface area contributed by atoms with Gasteiger partial charge in [0, 0.05) is 19.9 Å². The molecule has 2 N–H and O–H groups in total. The molecule has 1 rings (SSSR count). The maximum atomic E-state index is 12.1. The van der Waals surface area contributed by atoms with Gasteiger partial charge in [0.25, 0.3) is 5.91 Å². The third-order valence-electron chi connectivity index (χ3n) is 2.66. The van der Waals surface area contributed by atoms with Crippen LogP contribution in [0.15, 0.2) is 36.0 Å². The minimum absolute atomic E-state index is 0.197. The molecule has 0 spiro atoms. The van der Waals surface area contributed by atoms with E-state index in [-0.39, 0.29) is 11.5 Å². The number of nitrogens with zero attached hydrogens (tertiary/aromatic N) is 1. The zero-order valence-corrected chi connectivity index (χ0v) is 12.4. The summed E-state index contributed by atoms with van der Waals surface area (Å²) >= 11 is 0. The van der Waals surface area contributed by atoms with Crippen molar-refractivity contribution in [2.45, 2.75) is 0 Å². The Hall–Kier alpha value is -2.85. The van der Waals surface area contributed by atoms with Gasteiger partial charge in [0.15, 0.2) is 5.57 Å². The summed E-state index contributed by atoms with van der Waals surface area (Å²) in [7, 11) is 2.73. The number of nitriles is 1. The molecule has 0 unspecified atom stereocenters. The van der Waals surface area contributed by atoms with Crippen LogP contribution in [-0.4, -0.2) is 39.2 Å². The Morgan fingerprint density at radius 2 is 2.05 bits per heavy atom. The van der Waals surface area contributed by atoms with E-state index >= 15 is 0 Å². The summed E-state index contributed by atoms with van der Waals surface area (Å²) in [6.07, 6.45) is 1.20. The second kappa shape index (κ2) is 9.15. The van der Waals surface area contributed by atoms with Crippen molar-refractivity contribution >= 4 is 17.6 Å². The number of nitrogens with one attached hydrogen (secondary N) is 2. The third kappa shape index (κ3) is 4.92. The molecule has 0 saturated heterocycles. The van der Waals surface area contributed by atoms with Crippen LogP contribution in [0.5, 0.6) is 0 Å². The molecule has 1 aromatic carbocycles. The van der Waals surface area contributed by atoms with Crippen LogP contribution >= 0.6 is 0 Å². The van der Waals surface area contributed by atoms with Crippen molar-refractivity contribution in [3.05, 3.63) is 41.6 Å². The van der Waals surface area contributed by atoms with Crippen LogP contribution in [0.1, 0.15) is 10.4 Å². The van der Waals surface area contributed by atoms with Gasteiger partial charge in [-0.25, -0.2) is 4.79 Å². The number of carbonyl (C=O) groups excluding carboxylic acids is 2. The summed E-state index contributed by atoms with van der Waals surface area (Å²) in [6, 6.07) is 8.45. The van der Waals surface area contributed by atoms with Crippen molar-refractivity contribution in [3.63, 3.8) is 0 Å². The van der Waals surface area contributed by atoms with Gasteiger partial charge in [0.05, 0.1) is 25.0 Å². The third-order valence-corrected chi connectivity index (χ3v) is 2.66. The topological polar surface area (TPSA) is 100 Å². The Labute approximate surface area is 128 Å². The van der Waals surface area contributed by atoms with Crippen molar-refractivity contribution in [2.75, 3.05) is 32.7 Å². The lowest BCUT2D eigenvalue weighted by molar-refractivity contribution is -0.135. The van der Waals surface area contributed by atoms with Crippen LogP contribution in [0.3, 0.4) is 0 Å². The van der Waals surface area contributed by atoms with Crippen LogP contribution in [0.25, 0.3) is 0 Å². The quantitative estimate of drug-likeness (QED) is 0.338. The van der Waals surface area contributed by atoms with Crippen molar-refractivity contribution in [2.24, 2.45) is 0 Å². The Balaban J connectivity index is 2.88. The molecule has 1 aromatic rings. The largest absolute Gasteiger partial charge is 0.465 e. The standard InChI is InChI=1S/C15H17N3O4/c1-21-8-7-17-14(19)12-5-3-4-6-13(12)18-10-11(9-16)15(20)22-2/h3-6,10,18H,7-8H2,1-2H3,(H,17,19)/b11-10-. The molecule has 7 heteroatoms. The first-order valence-electron chi connectivity index (χ1n) is 6.45. The molecule has 0 aliphatic rings. The zero-order valence-electron chi connectivity index (χ0n) is 12.4. The maximum Gasteiger partial charge on any atom is 0.350 e. The highest BCUT2D eigenvalue weighted by atomic mass is 16.5. The fourth-order valence-electron chi connectivity index (χ4n) is 1.57. The summed E-state index contributed by atoms with van der Waals surface area (Å²) in [6.45, 7) is 0.785. The van der Waals surface area contributed by atoms with Gasteiger partial charge < -0.3 is 20.1 Å². The Kier molecular flexibility index (Phi) is 7.16. The van der Waals surface area contributed by atoms with Gasteiger partial charge >= 0.3 is 5.97 Å². The number of methoxy groups -OCH3 is 2. The summed E-state index contributed by atoms with van der Waals surface area (Å²) in [5.41, 5.74) is 0.656. The number of rotatable bonds is 7. The molecule has 22 heavy (non-hydrogen) atoms. The highest BCUT2D eigenvalue weighted by Gasteiger charge is 2.11. The minimum Gasteiger partial charge on any atom is -0.465 e. The predicted octanol–water partition coefficient (Wildman–Crippen LogP) is 1.06. The smallest absolute Gasteiger partial charge is 0.350 e. The zero-order chi connectivity index (χ0) is 16.4. The summed E-state index contributed by atoms with van der Waals surface area (Å²) < 4.78 is 9.34. The average Bonchev–Trinajstić information content (AvgIpc) is 2.55. The fraction of sp³-hybridized carbons (Fsp3) is 0.267. The molecule has 0 atom stereocenters. The predicted molar refractivity (Wildman–Crippen MR) is 80.0 cm³/mol. The number of carbonyl (C=O) groups is 2. The number of amides is 1. The number of hydrogen-bond donors (Lipinski definition) is 2. The van der Waals surface area contributed by atoms with E-state index in [2.05, 4.69) is 15.4 Å². The first-order chi connectivity index (χ1) is 10.6. The van der Waals surface area contributed by atoms with Crippen LogP contribution in [0, 0.1) is 11.3 Å². The van der Waals surface area contributed by atoms with Gasteiger partial charge in [0.1, 0.15) is 6.07 Å². The van der Waals surface area contributed by atoms with Gasteiger partial charge in [-0.1, -0.05) is 12.1 Å². The number of ether oxygens (including phenoxy) is 2. The Bertz CT molecular complexity index is 605. The van der Waals surface area contributed by atoms with Gasteiger partial charge in [-0.05, 0) is 12.1 Å². The molecule has 116 valence electrons. The van der Waals surface area contributed by atoms with Gasteiger partial charge in [-0.3, -0.25) is 4.79 Å². The van der Waals surface area contributed by atoms with E-state index in [1.807, 2.05) is 0 Å². The fourth-order valence-corrected chi connectivity index (χ4v) is 1.57. The second-order valence-corrected chi connectivity index (χ2v) is 4.10. The molecule has 0 aromatic heterocycles. The van der Waals surface area contributed by atoms with Crippen LogP contribution in [-0.2, 0) is 14.3 Å². The van der Waals surface area contributed by atoms with Gasteiger partial charge in [0.2, 0.25) is 0 Å². The molecular formula is C15H17N3O4. The van der Waals surface area contributed by atoms with Crippen LogP contribution in [0.4, 0.5) is 5.69 Å². The van der Waals surface area contributed by atoms with Crippen molar-refractivity contribution in [1.29, 1.82) is 5.26 Å². The SMILES string of the molecule is COCCNC(=O)c1ccccc1N/C=C(/C#N)C(=O)OC. The first-order valence-corrected chi connectivity index (χ1v) is 6.45. The first kappa shape index (κ1) is 17.2. The molecule has 0 aliphatic heterocycles. The summed E-state index contributed by atoms with van der Waals surface area (Å²) in [4.78, 5) is 23.4. The lowest BCUT2D eigenvalue weighted by Gasteiger charge is -2.10. The van der Waals surface area contributed by atoms with Gasteiger partial charge in [-0.15, -0.1) is 0 Å². The Morgan fingerprint density at radius 1 is 1.32 bits per heavy atom. The van der Waals surface area contributed by atoms with E-state index in [0.29, 0.717) is 24.4 Å². The summed E-state index contributed by atoms with van der Waals surface area (Å²) in [5.74, 6) is -1.04. The minimum atomic E-state index is -0.753.